The van der Waals surface area contributed by atoms with Crippen molar-refractivity contribution in [3.8, 4) is 6.07 Å². The second kappa shape index (κ2) is 6.92. The van der Waals surface area contributed by atoms with Crippen molar-refractivity contribution in [3.63, 3.8) is 0 Å². The number of pyridine rings is 2. The standard InChI is InChI=1S/C19H18N6O/c20-10-14-5-4-8-16(22-14)19(26)23-18-9-13-12-25(24-17(13)11-21-18)15-6-2-1-3-7-15/h4-5,8-9,11-12,15H,1-3,6-7H2,(H,23,26). The van der Waals surface area contributed by atoms with E-state index < -0.39 is 5.91 Å². The van der Waals surface area contributed by atoms with E-state index in [1.807, 2.05) is 23.0 Å². The van der Waals surface area contributed by atoms with Crippen LogP contribution in [0.5, 0.6) is 0 Å². The van der Waals surface area contributed by atoms with Crippen LogP contribution in [0.2, 0.25) is 0 Å². The first kappa shape index (κ1) is 16.2. The van der Waals surface area contributed by atoms with Gasteiger partial charge in [0.15, 0.2) is 0 Å². The van der Waals surface area contributed by atoms with Gasteiger partial charge in [-0.25, -0.2) is 9.97 Å². The van der Waals surface area contributed by atoms with Crippen LogP contribution in [-0.2, 0) is 0 Å². The smallest absolute Gasteiger partial charge is 0.275 e. The first-order valence-electron chi connectivity index (χ1n) is 8.76. The summed E-state index contributed by atoms with van der Waals surface area (Å²) in [7, 11) is 0. The molecule has 130 valence electrons. The number of hydrogen-bond acceptors (Lipinski definition) is 5. The number of rotatable bonds is 3. The fourth-order valence-corrected chi connectivity index (χ4v) is 3.35. The van der Waals surface area contributed by atoms with E-state index in [0.29, 0.717) is 11.9 Å². The lowest BCUT2D eigenvalue weighted by Gasteiger charge is -2.21. The van der Waals surface area contributed by atoms with Gasteiger partial charge in [-0.15, -0.1) is 0 Å². The van der Waals surface area contributed by atoms with E-state index in [1.165, 1.54) is 19.3 Å². The number of aromatic nitrogens is 4. The first-order chi connectivity index (χ1) is 12.7. The van der Waals surface area contributed by atoms with Gasteiger partial charge in [-0.2, -0.15) is 10.4 Å². The predicted octanol–water partition coefficient (Wildman–Crippen LogP) is 3.46. The van der Waals surface area contributed by atoms with Crippen LogP contribution in [0.4, 0.5) is 5.82 Å². The summed E-state index contributed by atoms with van der Waals surface area (Å²) in [6, 6.07) is 8.94. The Bertz CT molecular complexity index is 997. The van der Waals surface area contributed by atoms with Crippen LogP contribution in [0.1, 0.15) is 54.3 Å². The summed E-state index contributed by atoms with van der Waals surface area (Å²) < 4.78 is 2.04. The Kier molecular flexibility index (Phi) is 4.32. The van der Waals surface area contributed by atoms with Gasteiger partial charge in [-0.1, -0.05) is 25.3 Å². The summed E-state index contributed by atoms with van der Waals surface area (Å²) in [5.41, 5.74) is 1.21. The van der Waals surface area contributed by atoms with Crippen LogP contribution in [0.25, 0.3) is 10.9 Å². The second-order valence-corrected chi connectivity index (χ2v) is 6.50. The number of amides is 1. The molecule has 1 saturated carbocycles. The molecule has 1 fully saturated rings. The van der Waals surface area contributed by atoms with Crippen LogP contribution < -0.4 is 5.32 Å². The number of anilines is 1. The number of nitriles is 1. The minimum atomic E-state index is -0.395. The fourth-order valence-electron chi connectivity index (χ4n) is 3.35. The highest BCUT2D eigenvalue weighted by Gasteiger charge is 2.17. The molecule has 3 heterocycles. The van der Waals surface area contributed by atoms with Gasteiger partial charge >= 0.3 is 0 Å². The van der Waals surface area contributed by atoms with Crippen LogP contribution in [-0.4, -0.2) is 25.7 Å². The molecule has 1 amide bonds. The van der Waals surface area contributed by atoms with Crippen molar-refractivity contribution in [2.75, 3.05) is 5.32 Å². The molecule has 3 aromatic rings. The number of carbonyl (C=O) groups is 1. The van der Waals surface area contributed by atoms with Gasteiger partial charge in [0.25, 0.3) is 5.91 Å². The van der Waals surface area contributed by atoms with Crippen LogP contribution in [0.15, 0.2) is 36.7 Å². The van der Waals surface area contributed by atoms with E-state index >= 15 is 0 Å². The molecule has 3 aromatic heterocycles. The molecule has 4 rings (SSSR count). The Morgan fingerprint density at radius 3 is 2.92 bits per heavy atom. The highest BCUT2D eigenvalue weighted by atomic mass is 16.1. The monoisotopic (exact) mass is 346 g/mol. The van der Waals surface area contributed by atoms with Crippen molar-refractivity contribution in [2.24, 2.45) is 0 Å². The quantitative estimate of drug-likeness (QED) is 0.783. The molecule has 0 aliphatic heterocycles. The highest BCUT2D eigenvalue weighted by molar-refractivity contribution is 6.03. The number of nitrogens with zero attached hydrogens (tertiary/aromatic N) is 5. The number of hydrogen-bond donors (Lipinski definition) is 1. The summed E-state index contributed by atoms with van der Waals surface area (Å²) in [5.74, 6) is 0.0449. The third kappa shape index (κ3) is 3.26. The van der Waals surface area contributed by atoms with Crippen LogP contribution in [0.3, 0.4) is 0 Å². The average Bonchev–Trinajstić information content (AvgIpc) is 3.12. The van der Waals surface area contributed by atoms with Gasteiger partial charge in [0.1, 0.15) is 28.8 Å². The zero-order chi connectivity index (χ0) is 17.9. The number of carbonyl (C=O) groups excluding carboxylic acids is 1. The molecule has 7 heteroatoms. The van der Waals surface area contributed by atoms with Crippen molar-refractivity contribution in [3.05, 3.63) is 48.0 Å². The average molecular weight is 346 g/mol. The molecular weight excluding hydrogens is 328 g/mol. The summed E-state index contributed by atoms with van der Waals surface area (Å²) in [5, 5.41) is 17.2. The Balaban J connectivity index is 1.55. The normalized spacial score (nSPS) is 14.9. The van der Waals surface area contributed by atoms with Gasteiger partial charge in [0, 0.05) is 11.6 Å². The van der Waals surface area contributed by atoms with E-state index in [0.717, 1.165) is 23.7 Å². The van der Waals surface area contributed by atoms with Crippen molar-refractivity contribution in [2.45, 2.75) is 38.1 Å². The number of nitrogens with one attached hydrogen (secondary N) is 1. The zero-order valence-corrected chi connectivity index (χ0v) is 14.2. The Morgan fingerprint density at radius 2 is 2.12 bits per heavy atom. The SMILES string of the molecule is N#Cc1cccc(C(=O)Nc2cc3cn(C4CCCCC4)nc3cn2)n1. The van der Waals surface area contributed by atoms with Crippen LogP contribution in [0, 0.1) is 11.3 Å². The fraction of sp³-hybridized carbons (Fsp3) is 0.316. The molecule has 1 aliphatic carbocycles. The molecule has 0 aromatic carbocycles. The third-order valence-corrected chi connectivity index (χ3v) is 4.70. The first-order valence-corrected chi connectivity index (χ1v) is 8.76. The predicted molar refractivity (Wildman–Crippen MR) is 96.6 cm³/mol. The second-order valence-electron chi connectivity index (χ2n) is 6.50. The lowest BCUT2D eigenvalue weighted by Crippen LogP contribution is -2.14. The maximum Gasteiger partial charge on any atom is 0.275 e. The number of fused-ring (bicyclic) bond motifs is 1. The van der Waals surface area contributed by atoms with Crippen LogP contribution >= 0.6 is 0 Å². The molecule has 1 aliphatic rings. The molecule has 26 heavy (non-hydrogen) atoms. The maximum absolute atomic E-state index is 12.3. The lowest BCUT2D eigenvalue weighted by molar-refractivity contribution is 0.102. The van der Waals surface area contributed by atoms with Crippen molar-refractivity contribution in [1.82, 2.24) is 19.7 Å². The third-order valence-electron chi connectivity index (χ3n) is 4.70. The Morgan fingerprint density at radius 1 is 1.27 bits per heavy atom. The van der Waals surface area contributed by atoms with E-state index in [9.17, 15) is 4.79 Å². The van der Waals surface area contributed by atoms with Gasteiger partial charge in [-0.3, -0.25) is 9.48 Å². The maximum atomic E-state index is 12.3. The molecule has 0 bridgehead atoms. The molecule has 0 spiro atoms. The minimum absolute atomic E-state index is 0.184. The van der Waals surface area contributed by atoms with E-state index in [1.54, 1.807) is 24.4 Å². The van der Waals surface area contributed by atoms with E-state index in [2.05, 4.69) is 20.4 Å². The molecule has 0 atom stereocenters. The molecule has 0 unspecified atom stereocenters. The summed E-state index contributed by atoms with van der Waals surface area (Å²) in [4.78, 5) is 20.6. The van der Waals surface area contributed by atoms with Gasteiger partial charge < -0.3 is 5.32 Å². The molecule has 7 nitrogen and oxygen atoms in total. The Hall–Kier alpha value is -3.27. The lowest BCUT2D eigenvalue weighted by atomic mass is 9.96. The van der Waals surface area contributed by atoms with E-state index in [4.69, 9.17) is 5.26 Å². The minimum Gasteiger partial charge on any atom is -0.305 e. The summed E-state index contributed by atoms with van der Waals surface area (Å²) >= 11 is 0. The summed E-state index contributed by atoms with van der Waals surface area (Å²) in [6.07, 6.45) is 9.80. The highest BCUT2D eigenvalue weighted by Crippen LogP contribution is 2.29. The van der Waals surface area contributed by atoms with Gasteiger partial charge in [0.05, 0.1) is 12.2 Å². The Labute approximate surface area is 150 Å². The van der Waals surface area contributed by atoms with Gasteiger partial charge in [0.2, 0.25) is 0 Å². The topological polar surface area (TPSA) is 96.5 Å². The zero-order valence-electron chi connectivity index (χ0n) is 14.2. The van der Waals surface area contributed by atoms with Gasteiger partial charge in [-0.05, 0) is 31.0 Å². The van der Waals surface area contributed by atoms with Crippen molar-refractivity contribution < 1.29 is 4.79 Å². The van der Waals surface area contributed by atoms with E-state index in [-0.39, 0.29) is 11.4 Å². The molecular formula is C19H18N6O. The van der Waals surface area contributed by atoms with Crippen molar-refractivity contribution >= 4 is 22.6 Å². The summed E-state index contributed by atoms with van der Waals surface area (Å²) in [6.45, 7) is 0. The van der Waals surface area contributed by atoms with Crippen molar-refractivity contribution in [1.29, 1.82) is 5.26 Å². The molecule has 0 saturated heterocycles. The largest absolute Gasteiger partial charge is 0.305 e. The molecule has 1 N–H and O–H groups in total. The molecule has 0 radical (unpaired) electrons.